The van der Waals surface area contributed by atoms with Gasteiger partial charge in [-0.1, -0.05) is 23.9 Å². The number of aromatic nitrogens is 1. The zero-order valence-electron chi connectivity index (χ0n) is 10.1. The average Bonchev–Trinajstić information content (AvgIpc) is 2.80. The number of nitrogens with zero attached hydrogens (tertiary/aromatic N) is 2. The van der Waals surface area contributed by atoms with E-state index >= 15 is 0 Å². The fraction of sp³-hybridized carbons (Fsp3) is 0.231. The Bertz CT molecular complexity index is 640. The van der Waals surface area contributed by atoms with Crippen molar-refractivity contribution in [2.75, 3.05) is 5.75 Å². The SMILES string of the molecule is CC(=O)SCC(=O)[C@H](C#N)c1nc2ccccc2s1. The highest BCUT2D eigenvalue weighted by Gasteiger charge is 2.24. The first kappa shape index (κ1) is 13.7. The molecule has 0 unspecified atom stereocenters. The molecule has 0 bridgehead atoms. The first-order chi connectivity index (χ1) is 9.11. The molecule has 1 heterocycles. The van der Waals surface area contributed by atoms with Crippen molar-refractivity contribution in [3.8, 4) is 6.07 Å². The Hall–Kier alpha value is -1.71. The number of carbonyl (C=O) groups excluding carboxylic acids is 2. The molecule has 19 heavy (non-hydrogen) atoms. The molecule has 4 nitrogen and oxygen atoms in total. The predicted octanol–water partition coefficient (Wildman–Crippen LogP) is 2.75. The van der Waals surface area contributed by atoms with E-state index in [1.165, 1.54) is 18.3 Å². The second kappa shape index (κ2) is 5.95. The van der Waals surface area contributed by atoms with Crippen LogP contribution in [0.4, 0.5) is 0 Å². The quantitative estimate of drug-likeness (QED) is 0.865. The van der Waals surface area contributed by atoms with Gasteiger partial charge in [0.2, 0.25) is 0 Å². The average molecular weight is 290 g/mol. The van der Waals surface area contributed by atoms with Crippen LogP contribution in [0.25, 0.3) is 10.2 Å². The van der Waals surface area contributed by atoms with E-state index in [0.29, 0.717) is 5.01 Å². The Kier molecular flexibility index (Phi) is 4.30. The summed E-state index contributed by atoms with van der Waals surface area (Å²) < 4.78 is 0.949. The number of Topliss-reactive ketones (excluding diaryl/α,β-unsaturated/α-hetero) is 1. The molecule has 2 rings (SSSR count). The third-order valence-electron chi connectivity index (χ3n) is 2.43. The van der Waals surface area contributed by atoms with E-state index in [9.17, 15) is 9.59 Å². The Morgan fingerprint density at radius 1 is 1.47 bits per heavy atom. The Labute approximate surface area is 118 Å². The number of fused-ring (bicyclic) bond motifs is 1. The molecule has 1 aromatic heterocycles. The fourth-order valence-corrected chi connectivity index (χ4v) is 3.08. The van der Waals surface area contributed by atoms with Gasteiger partial charge in [0.05, 0.1) is 22.0 Å². The molecule has 0 saturated heterocycles. The number of hydrogen-bond donors (Lipinski definition) is 0. The van der Waals surface area contributed by atoms with Gasteiger partial charge in [-0.15, -0.1) is 11.3 Å². The zero-order valence-corrected chi connectivity index (χ0v) is 11.8. The number of benzene rings is 1. The Morgan fingerprint density at radius 3 is 2.84 bits per heavy atom. The first-order valence-electron chi connectivity index (χ1n) is 5.53. The van der Waals surface area contributed by atoms with Crippen LogP contribution < -0.4 is 0 Å². The minimum atomic E-state index is -0.885. The number of hydrogen-bond acceptors (Lipinski definition) is 6. The molecule has 0 amide bonds. The molecule has 2 aromatic rings. The van der Waals surface area contributed by atoms with Crippen LogP contribution >= 0.6 is 23.1 Å². The highest BCUT2D eigenvalue weighted by molar-refractivity contribution is 8.14. The minimum absolute atomic E-state index is 0.0173. The van der Waals surface area contributed by atoms with Crippen molar-refractivity contribution in [3.05, 3.63) is 29.3 Å². The molecule has 1 atom stereocenters. The number of rotatable bonds is 4. The van der Waals surface area contributed by atoms with E-state index in [0.717, 1.165) is 22.0 Å². The largest absolute Gasteiger partial charge is 0.297 e. The molecule has 0 aliphatic rings. The molecule has 6 heteroatoms. The van der Waals surface area contributed by atoms with Gasteiger partial charge in [0, 0.05) is 6.92 Å². The van der Waals surface area contributed by atoms with Gasteiger partial charge in [-0.05, 0) is 12.1 Å². The van der Waals surface area contributed by atoms with Crippen molar-refractivity contribution >= 4 is 44.2 Å². The molecular formula is C13H10N2O2S2. The van der Waals surface area contributed by atoms with E-state index < -0.39 is 5.92 Å². The van der Waals surface area contributed by atoms with E-state index in [-0.39, 0.29) is 16.7 Å². The van der Waals surface area contributed by atoms with Crippen LogP contribution in [-0.2, 0) is 9.59 Å². The van der Waals surface area contributed by atoms with E-state index in [1.807, 2.05) is 30.3 Å². The summed E-state index contributed by atoms with van der Waals surface area (Å²) in [7, 11) is 0. The second-order valence-electron chi connectivity index (χ2n) is 3.83. The lowest BCUT2D eigenvalue weighted by molar-refractivity contribution is -0.117. The van der Waals surface area contributed by atoms with Crippen LogP contribution in [0.5, 0.6) is 0 Å². The summed E-state index contributed by atoms with van der Waals surface area (Å²) in [6, 6.07) is 9.47. The van der Waals surface area contributed by atoms with Crippen LogP contribution in [0, 0.1) is 11.3 Å². The minimum Gasteiger partial charge on any atom is -0.297 e. The molecule has 0 radical (unpaired) electrons. The number of carbonyl (C=O) groups is 2. The lowest BCUT2D eigenvalue weighted by Crippen LogP contribution is -2.13. The molecule has 0 aliphatic heterocycles. The van der Waals surface area contributed by atoms with Gasteiger partial charge < -0.3 is 0 Å². The van der Waals surface area contributed by atoms with Crippen molar-refractivity contribution in [2.45, 2.75) is 12.8 Å². The summed E-state index contributed by atoms with van der Waals surface area (Å²) in [6.45, 7) is 1.40. The molecule has 0 N–H and O–H groups in total. The third-order valence-corrected chi connectivity index (χ3v) is 4.36. The summed E-state index contributed by atoms with van der Waals surface area (Å²) in [4.78, 5) is 27.1. The van der Waals surface area contributed by atoms with Crippen molar-refractivity contribution in [1.29, 1.82) is 5.26 Å². The summed E-state index contributed by atoms with van der Waals surface area (Å²) in [5, 5.41) is 9.51. The molecule has 0 saturated carbocycles. The number of ketones is 1. The topological polar surface area (TPSA) is 70.8 Å². The first-order valence-corrected chi connectivity index (χ1v) is 7.33. The third kappa shape index (κ3) is 3.19. The van der Waals surface area contributed by atoms with Crippen LogP contribution in [0.3, 0.4) is 0 Å². The smallest absolute Gasteiger partial charge is 0.186 e. The summed E-state index contributed by atoms with van der Waals surface area (Å²) in [5.74, 6) is -1.14. The van der Waals surface area contributed by atoms with Gasteiger partial charge in [-0.2, -0.15) is 5.26 Å². The monoisotopic (exact) mass is 290 g/mol. The molecule has 96 valence electrons. The van der Waals surface area contributed by atoms with Crippen LogP contribution in [0.1, 0.15) is 17.8 Å². The number of thioether (sulfide) groups is 1. The van der Waals surface area contributed by atoms with Crippen LogP contribution in [-0.4, -0.2) is 21.6 Å². The lowest BCUT2D eigenvalue weighted by Gasteiger charge is -2.02. The van der Waals surface area contributed by atoms with Crippen molar-refractivity contribution in [1.82, 2.24) is 4.98 Å². The van der Waals surface area contributed by atoms with Gasteiger partial charge in [0.15, 0.2) is 16.8 Å². The molecule has 1 aromatic carbocycles. The lowest BCUT2D eigenvalue weighted by atomic mass is 10.1. The van der Waals surface area contributed by atoms with Gasteiger partial charge in [-0.3, -0.25) is 9.59 Å². The number of para-hydroxylation sites is 1. The Morgan fingerprint density at radius 2 is 2.21 bits per heavy atom. The predicted molar refractivity (Wildman–Crippen MR) is 76.1 cm³/mol. The molecular weight excluding hydrogens is 280 g/mol. The summed E-state index contributed by atoms with van der Waals surface area (Å²) >= 11 is 2.27. The van der Waals surface area contributed by atoms with Gasteiger partial charge in [0.25, 0.3) is 0 Å². The van der Waals surface area contributed by atoms with E-state index in [1.54, 1.807) is 0 Å². The Balaban J connectivity index is 2.24. The van der Waals surface area contributed by atoms with Crippen molar-refractivity contribution in [3.63, 3.8) is 0 Å². The van der Waals surface area contributed by atoms with Crippen molar-refractivity contribution < 1.29 is 9.59 Å². The molecule has 0 fully saturated rings. The van der Waals surface area contributed by atoms with Crippen molar-refractivity contribution in [2.24, 2.45) is 0 Å². The fourth-order valence-electron chi connectivity index (χ4n) is 1.53. The van der Waals surface area contributed by atoms with Crippen LogP contribution in [0.15, 0.2) is 24.3 Å². The van der Waals surface area contributed by atoms with Crippen LogP contribution in [0.2, 0.25) is 0 Å². The number of thiazole rings is 1. The standard InChI is InChI=1S/C13H10N2O2S2/c1-8(16)18-7-11(17)9(6-14)13-15-10-4-2-3-5-12(10)19-13/h2-5,9H,7H2,1H3/t9-/m0/s1. The summed E-state index contributed by atoms with van der Waals surface area (Å²) in [6.07, 6.45) is 0. The zero-order chi connectivity index (χ0) is 13.8. The van der Waals surface area contributed by atoms with E-state index in [4.69, 9.17) is 5.26 Å². The maximum atomic E-state index is 11.9. The molecule has 0 aliphatic carbocycles. The van der Waals surface area contributed by atoms with Gasteiger partial charge in [0.1, 0.15) is 5.01 Å². The maximum Gasteiger partial charge on any atom is 0.186 e. The number of nitriles is 1. The highest BCUT2D eigenvalue weighted by Crippen LogP contribution is 2.28. The summed E-state index contributed by atoms with van der Waals surface area (Å²) in [5.41, 5.74) is 0.787. The second-order valence-corrected chi connectivity index (χ2v) is 6.04. The molecule has 0 spiro atoms. The van der Waals surface area contributed by atoms with Gasteiger partial charge in [-0.25, -0.2) is 4.98 Å². The maximum absolute atomic E-state index is 11.9. The van der Waals surface area contributed by atoms with Gasteiger partial charge >= 0.3 is 0 Å². The highest BCUT2D eigenvalue weighted by atomic mass is 32.2. The van der Waals surface area contributed by atoms with E-state index in [2.05, 4.69) is 4.98 Å². The normalized spacial score (nSPS) is 12.0.